The van der Waals surface area contributed by atoms with Crippen LogP contribution in [0, 0.1) is 40.9 Å². The molecule has 0 aromatic rings. The molecule has 2 heteroatoms. The second-order valence-corrected chi connectivity index (χ2v) is 11.4. The van der Waals surface area contributed by atoms with E-state index in [1.165, 1.54) is 57.8 Å². The highest BCUT2D eigenvalue weighted by Gasteiger charge is 2.56. The molecule has 0 aliphatic heterocycles. The minimum absolute atomic E-state index is 0.00621. The molecule has 4 aliphatic rings. The Bertz CT molecular complexity index is 495. The molecule has 4 aliphatic carbocycles. The van der Waals surface area contributed by atoms with Crippen LogP contribution < -0.4 is 0 Å². The van der Waals surface area contributed by atoms with Gasteiger partial charge in [0.2, 0.25) is 0 Å². The zero-order valence-electron chi connectivity index (χ0n) is 17.4. The third-order valence-electron chi connectivity index (χ3n) is 9.46. The van der Waals surface area contributed by atoms with E-state index in [-0.39, 0.29) is 6.10 Å². The van der Waals surface area contributed by atoms with Gasteiger partial charge in [0.25, 0.3) is 0 Å². The van der Waals surface area contributed by atoms with Gasteiger partial charge in [0.05, 0.1) is 11.7 Å². The number of aliphatic hydroxyl groups is 2. The summed E-state index contributed by atoms with van der Waals surface area (Å²) in [4.78, 5) is 0. The predicted octanol–water partition coefficient (Wildman–Crippen LogP) is 5.56. The Labute approximate surface area is 161 Å². The van der Waals surface area contributed by atoms with Gasteiger partial charge in [-0.3, -0.25) is 0 Å². The summed E-state index contributed by atoms with van der Waals surface area (Å²) >= 11 is 0. The van der Waals surface area contributed by atoms with Gasteiger partial charge in [0.15, 0.2) is 0 Å². The van der Waals surface area contributed by atoms with E-state index in [0.29, 0.717) is 5.41 Å². The first-order valence-electron chi connectivity index (χ1n) is 11.7. The van der Waals surface area contributed by atoms with Crippen molar-refractivity contribution in [1.29, 1.82) is 0 Å². The van der Waals surface area contributed by atoms with E-state index in [4.69, 9.17) is 0 Å². The highest BCUT2D eigenvalue weighted by Crippen LogP contribution is 2.64. The molecular weight excluding hydrogens is 320 g/mol. The van der Waals surface area contributed by atoms with Crippen LogP contribution in [0.5, 0.6) is 0 Å². The predicted molar refractivity (Wildman–Crippen MR) is 107 cm³/mol. The highest BCUT2D eigenvalue weighted by molar-refractivity contribution is 5.06. The van der Waals surface area contributed by atoms with Crippen LogP contribution in [0.3, 0.4) is 0 Å². The third-order valence-corrected chi connectivity index (χ3v) is 9.46. The summed E-state index contributed by atoms with van der Waals surface area (Å²) in [6, 6.07) is 0. The van der Waals surface area contributed by atoms with E-state index in [1.807, 2.05) is 13.8 Å². The minimum Gasteiger partial charge on any atom is -0.393 e. The summed E-state index contributed by atoms with van der Waals surface area (Å²) in [6.07, 6.45) is 15.5. The fraction of sp³-hybridized carbons (Fsp3) is 1.00. The summed E-state index contributed by atoms with van der Waals surface area (Å²) in [7, 11) is 0. The van der Waals surface area contributed by atoms with E-state index in [9.17, 15) is 10.2 Å². The minimum atomic E-state index is -0.500. The Morgan fingerprint density at radius 1 is 0.923 bits per heavy atom. The van der Waals surface area contributed by atoms with Gasteiger partial charge in [-0.2, -0.15) is 0 Å². The molecule has 0 spiro atoms. The summed E-state index contributed by atoms with van der Waals surface area (Å²) in [6.45, 7) is 6.54. The molecule has 4 fully saturated rings. The van der Waals surface area contributed by atoms with Crippen LogP contribution in [0.4, 0.5) is 0 Å². The van der Waals surface area contributed by atoms with Crippen molar-refractivity contribution in [2.45, 2.75) is 110 Å². The topological polar surface area (TPSA) is 40.5 Å². The lowest BCUT2D eigenvalue weighted by atomic mass is 9.49. The first-order valence-corrected chi connectivity index (χ1v) is 11.7. The standard InChI is InChI=1S/C24H42O2/c1-23(2,26)13-4-5-17-7-11-22-21-9-6-16-15-18(25)8-10-19(16)20(21)12-14-24(17,22)3/h16-22,25-26H,4-15H2,1-3H3. The van der Waals surface area contributed by atoms with Crippen LogP contribution in [0.1, 0.15) is 97.8 Å². The van der Waals surface area contributed by atoms with Crippen LogP contribution in [-0.2, 0) is 0 Å². The Kier molecular flexibility index (Phi) is 5.23. The molecule has 0 heterocycles. The van der Waals surface area contributed by atoms with E-state index in [1.54, 1.807) is 0 Å². The third kappa shape index (κ3) is 3.50. The molecule has 8 unspecified atom stereocenters. The molecule has 26 heavy (non-hydrogen) atoms. The quantitative estimate of drug-likeness (QED) is 0.687. The van der Waals surface area contributed by atoms with Crippen LogP contribution >= 0.6 is 0 Å². The number of hydrogen-bond acceptors (Lipinski definition) is 2. The maximum absolute atomic E-state index is 10.1. The second-order valence-electron chi connectivity index (χ2n) is 11.4. The Hall–Kier alpha value is -0.0800. The highest BCUT2D eigenvalue weighted by atomic mass is 16.3. The van der Waals surface area contributed by atoms with E-state index >= 15 is 0 Å². The fourth-order valence-electron chi connectivity index (χ4n) is 8.19. The van der Waals surface area contributed by atoms with E-state index in [0.717, 1.165) is 54.8 Å². The average molecular weight is 363 g/mol. The van der Waals surface area contributed by atoms with Gasteiger partial charge in [-0.1, -0.05) is 13.3 Å². The lowest BCUT2D eigenvalue weighted by Gasteiger charge is -2.56. The molecular formula is C24H42O2. The van der Waals surface area contributed by atoms with Crippen molar-refractivity contribution < 1.29 is 10.2 Å². The van der Waals surface area contributed by atoms with Crippen molar-refractivity contribution in [2.75, 3.05) is 0 Å². The number of fused-ring (bicyclic) bond motifs is 5. The Morgan fingerprint density at radius 2 is 1.69 bits per heavy atom. The summed E-state index contributed by atoms with van der Waals surface area (Å²) in [5.74, 6) is 5.55. The lowest BCUT2D eigenvalue weighted by molar-refractivity contribution is -0.0781. The molecule has 2 nitrogen and oxygen atoms in total. The smallest absolute Gasteiger partial charge is 0.0591 e. The van der Waals surface area contributed by atoms with Gasteiger partial charge in [0.1, 0.15) is 0 Å². The Balaban J connectivity index is 1.41. The Morgan fingerprint density at radius 3 is 2.46 bits per heavy atom. The van der Waals surface area contributed by atoms with Gasteiger partial charge in [-0.25, -0.2) is 0 Å². The van der Waals surface area contributed by atoms with Gasteiger partial charge in [-0.05, 0) is 125 Å². The molecule has 2 N–H and O–H groups in total. The lowest BCUT2D eigenvalue weighted by Crippen LogP contribution is -2.49. The largest absolute Gasteiger partial charge is 0.393 e. The number of hydrogen-bond donors (Lipinski definition) is 2. The maximum atomic E-state index is 10.1. The molecule has 0 radical (unpaired) electrons. The number of rotatable bonds is 4. The molecule has 8 atom stereocenters. The van der Waals surface area contributed by atoms with Crippen LogP contribution in [0.15, 0.2) is 0 Å². The van der Waals surface area contributed by atoms with Crippen LogP contribution in [-0.4, -0.2) is 21.9 Å². The SMILES string of the molecule is CC(C)(O)CCCC1CCC2C3CCC4CC(O)CCC4C3CCC12C. The van der Waals surface area contributed by atoms with Gasteiger partial charge >= 0.3 is 0 Å². The molecule has 0 amide bonds. The van der Waals surface area contributed by atoms with E-state index < -0.39 is 5.60 Å². The summed E-state index contributed by atoms with van der Waals surface area (Å²) < 4.78 is 0. The monoisotopic (exact) mass is 362 g/mol. The molecule has 4 rings (SSSR count). The van der Waals surface area contributed by atoms with Crippen molar-refractivity contribution >= 4 is 0 Å². The maximum Gasteiger partial charge on any atom is 0.0591 e. The fourth-order valence-corrected chi connectivity index (χ4v) is 8.19. The molecule has 4 saturated carbocycles. The number of aliphatic hydroxyl groups excluding tert-OH is 1. The van der Waals surface area contributed by atoms with E-state index in [2.05, 4.69) is 6.92 Å². The van der Waals surface area contributed by atoms with Crippen molar-refractivity contribution in [1.82, 2.24) is 0 Å². The average Bonchev–Trinajstić information content (AvgIpc) is 2.90. The van der Waals surface area contributed by atoms with Crippen molar-refractivity contribution in [3.8, 4) is 0 Å². The molecule has 0 saturated heterocycles. The van der Waals surface area contributed by atoms with Crippen molar-refractivity contribution in [3.63, 3.8) is 0 Å². The zero-order valence-corrected chi connectivity index (χ0v) is 17.4. The van der Waals surface area contributed by atoms with Gasteiger partial charge in [0, 0.05) is 0 Å². The molecule has 0 aromatic heterocycles. The van der Waals surface area contributed by atoms with Gasteiger partial charge in [-0.15, -0.1) is 0 Å². The van der Waals surface area contributed by atoms with Crippen molar-refractivity contribution in [2.24, 2.45) is 40.9 Å². The molecule has 0 aromatic carbocycles. The summed E-state index contributed by atoms with van der Waals surface area (Å²) in [5, 5.41) is 20.1. The van der Waals surface area contributed by atoms with Crippen molar-refractivity contribution in [3.05, 3.63) is 0 Å². The molecule has 150 valence electrons. The van der Waals surface area contributed by atoms with Crippen LogP contribution in [0.25, 0.3) is 0 Å². The summed E-state index contributed by atoms with van der Waals surface area (Å²) in [5.41, 5.74) is 0.0717. The first-order chi connectivity index (χ1) is 12.3. The normalized spacial score (nSPS) is 48.6. The zero-order chi connectivity index (χ0) is 18.5. The molecule has 0 bridgehead atoms. The van der Waals surface area contributed by atoms with Crippen LogP contribution in [0.2, 0.25) is 0 Å². The van der Waals surface area contributed by atoms with Gasteiger partial charge < -0.3 is 10.2 Å². The second kappa shape index (κ2) is 7.07. The first kappa shape index (κ1) is 19.2.